The standard InChI is InChI=1S/C8H10N2O2/c1-12-8(11)6(5-9)7-3-2-4-10-7/h10H,2-4H2,1H3/b7-6+. The van der Waals surface area contributed by atoms with Gasteiger partial charge >= 0.3 is 5.97 Å². The highest BCUT2D eigenvalue weighted by Gasteiger charge is 2.18. The summed E-state index contributed by atoms with van der Waals surface area (Å²) in [5, 5.41) is 11.6. The van der Waals surface area contributed by atoms with Gasteiger partial charge in [-0.15, -0.1) is 0 Å². The third-order valence-electron chi connectivity index (χ3n) is 1.75. The average molecular weight is 166 g/mol. The summed E-state index contributed by atoms with van der Waals surface area (Å²) in [6.07, 6.45) is 1.73. The van der Waals surface area contributed by atoms with Crippen molar-refractivity contribution >= 4 is 5.97 Å². The van der Waals surface area contributed by atoms with Crippen molar-refractivity contribution in [2.24, 2.45) is 0 Å². The Kier molecular flexibility index (Phi) is 2.70. The maximum atomic E-state index is 11.0. The second-order valence-electron chi connectivity index (χ2n) is 2.49. The molecule has 0 unspecified atom stereocenters. The van der Waals surface area contributed by atoms with E-state index in [2.05, 4.69) is 10.1 Å². The van der Waals surface area contributed by atoms with Crippen LogP contribution in [0.2, 0.25) is 0 Å². The Morgan fingerprint density at radius 1 is 1.75 bits per heavy atom. The van der Waals surface area contributed by atoms with Gasteiger partial charge in [0.2, 0.25) is 0 Å². The van der Waals surface area contributed by atoms with Gasteiger partial charge in [0.25, 0.3) is 0 Å². The largest absolute Gasteiger partial charge is 0.465 e. The molecule has 12 heavy (non-hydrogen) atoms. The molecule has 0 bridgehead atoms. The molecule has 1 heterocycles. The zero-order chi connectivity index (χ0) is 8.97. The van der Waals surface area contributed by atoms with E-state index in [4.69, 9.17) is 5.26 Å². The summed E-state index contributed by atoms with van der Waals surface area (Å²) in [6, 6.07) is 1.84. The van der Waals surface area contributed by atoms with E-state index in [1.165, 1.54) is 7.11 Å². The third-order valence-corrected chi connectivity index (χ3v) is 1.75. The molecule has 0 aromatic rings. The predicted octanol–water partition coefficient (Wildman–Crippen LogP) is 0.320. The maximum Gasteiger partial charge on any atom is 0.350 e. The van der Waals surface area contributed by atoms with Gasteiger partial charge in [-0.2, -0.15) is 5.26 Å². The lowest BCUT2D eigenvalue weighted by molar-refractivity contribution is -0.135. The van der Waals surface area contributed by atoms with Gasteiger partial charge in [-0.1, -0.05) is 0 Å². The average Bonchev–Trinajstić information content (AvgIpc) is 2.58. The summed E-state index contributed by atoms with van der Waals surface area (Å²) in [5.74, 6) is -0.554. The van der Waals surface area contributed by atoms with Crippen LogP contribution >= 0.6 is 0 Å². The first-order chi connectivity index (χ1) is 5.79. The minimum atomic E-state index is -0.554. The van der Waals surface area contributed by atoms with E-state index in [9.17, 15) is 4.79 Å². The lowest BCUT2D eigenvalue weighted by Crippen LogP contribution is -2.12. The van der Waals surface area contributed by atoms with E-state index < -0.39 is 5.97 Å². The molecule has 0 spiro atoms. The van der Waals surface area contributed by atoms with Gasteiger partial charge in [0.05, 0.1) is 7.11 Å². The summed E-state index contributed by atoms with van der Waals surface area (Å²) in [6.45, 7) is 0.831. The summed E-state index contributed by atoms with van der Waals surface area (Å²) in [4.78, 5) is 11.0. The fourth-order valence-electron chi connectivity index (χ4n) is 1.14. The van der Waals surface area contributed by atoms with Gasteiger partial charge in [-0.05, 0) is 12.8 Å². The van der Waals surface area contributed by atoms with Gasteiger partial charge in [0.15, 0.2) is 5.57 Å². The van der Waals surface area contributed by atoms with Crippen molar-refractivity contribution < 1.29 is 9.53 Å². The molecule has 0 aliphatic carbocycles. The number of allylic oxidation sites excluding steroid dienone is 1. The van der Waals surface area contributed by atoms with Crippen LogP contribution in [0.5, 0.6) is 0 Å². The number of carbonyl (C=O) groups is 1. The maximum absolute atomic E-state index is 11.0. The lowest BCUT2D eigenvalue weighted by Gasteiger charge is -2.01. The molecule has 1 aliphatic rings. The first-order valence-electron chi connectivity index (χ1n) is 3.75. The van der Waals surface area contributed by atoms with Gasteiger partial charge < -0.3 is 10.1 Å². The number of esters is 1. The van der Waals surface area contributed by atoms with Crippen LogP contribution in [0.15, 0.2) is 11.3 Å². The van der Waals surface area contributed by atoms with Crippen LogP contribution < -0.4 is 5.32 Å². The Morgan fingerprint density at radius 2 is 2.50 bits per heavy atom. The molecule has 0 radical (unpaired) electrons. The zero-order valence-corrected chi connectivity index (χ0v) is 6.89. The van der Waals surface area contributed by atoms with E-state index in [1.54, 1.807) is 0 Å². The van der Waals surface area contributed by atoms with Gasteiger partial charge in [0, 0.05) is 12.2 Å². The van der Waals surface area contributed by atoms with Crippen molar-refractivity contribution in [1.82, 2.24) is 5.32 Å². The molecular weight excluding hydrogens is 156 g/mol. The van der Waals surface area contributed by atoms with E-state index in [-0.39, 0.29) is 5.57 Å². The highest BCUT2D eigenvalue weighted by atomic mass is 16.5. The topological polar surface area (TPSA) is 62.1 Å². The fourth-order valence-corrected chi connectivity index (χ4v) is 1.14. The number of ether oxygens (including phenoxy) is 1. The van der Waals surface area contributed by atoms with E-state index in [0.717, 1.165) is 19.4 Å². The van der Waals surface area contributed by atoms with E-state index in [0.29, 0.717) is 5.70 Å². The smallest absolute Gasteiger partial charge is 0.350 e. The number of hydrogen-bond acceptors (Lipinski definition) is 4. The fraction of sp³-hybridized carbons (Fsp3) is 0.500. The molecule has 1 N–H and O–H groups in total. The van der Waals surface area contributed by atoms with Crippen molar-refractivity contribution in [2.45, 2.75) is 12.8 Å². The number of carbonyl (C=O) groups excluding carboxylic acids is 1. The Hall–Kier alpha value is -1.50. The number of hydrogen-bond donors (Lipinski definition) is 1. The summed E-state index contributed by atoms with van der Waals surface area (Å²) in [7, 11) is 1.27. The van der Waals surface area contributed by atoms with Gasteiger partial charge in [-0.3, -0.25) is 0 Å². The van der Waals surface area contributed by atoms with Crippen molar-refractivity contribution in [3.05, 3.63) is 11.3 Å². The van der Waals surface area contributed by atoms with Gasteiger partial charge in [-0.25, -0.2) is 4.79 Å². The molecule has 0 atom stereocenters. The van der Waals surface area contributed by atoms with Crippen molar-refractivity contribution in [3.8, 4) is 6.07 Å². The number of nitrogens with one attached hydrogen (secondary N) is 1. The highest BCUT2D eigenvalue weighted by Crippen LogP contribution is 2.14. The molecule has 64 valence electrons. The summed E-state index contributed by atoms with van der Waals surface area (Å²) < 4.78 is 4.46. The van der Waals surface area contributed by atoms with Crippen LogP contribution in [0.25, 0.3) is 0 Å². The number of methoxy groups -OCH3 is 1. The SMILES string of the molecule is COC(=O)/C(C#N)=C1\CCCN1. The molecule has 0 saturated carbocycles. The van der Waals surface area contributed by atoms with Crippen molar-refractivity contribution in [2.75, 3.05) is 13.7 Å². The second-order valence-corrected chi connectivity index (χ2v) is 2.49. The molecule has 1 saturated heterocycles. The van der Waals surface area contributed by atoms with Crippen LogP contribution in [-0.4, -0.2) is 19.6 Å². The molecule has 0 aromatic carbocycles. The van der Waals surface area contributed by atoms with E-state index >= 15 is 0 Å². The Morgan fingerprint density at radius 3 is 2.92 bits per heavy atom. The minimum absolute atomic E-state index is 0.106. The molecule has 4 nitrogen and oxygen atoms in total. The molecule has 1 aliphatic heterocycles. The molecule has 0 amide bonds. The van der Waals surface area contributed by atoms with Crippen LogP contribution in [0.3, 0.4) is 0 Å². The molecular formula is C8H10N2O2. The molecule has 4 heteroatoms. The Balaban J connectivity index is 2.86. The van der Waals surface area contributed by atoms with Crippen LogP contribution in [-0.2, 0) is 9.53 Å². The van der Waals surface area contributed by atoms with Crippen molar-refractivity contribution in [3.63, 3.8) is 0 Å². The van der Waals surface area contributed by atoms with Crippen molar-refractivity contribution in [1.29, 1.82) is 5.26 Å². The van der Waals surface area contributed by atoms with Crippen LogP contribution in [0.4, 0.5) is 0 Å². The molecule has 1 fully saturated rings. The van der Waals surface area contributed by atoms with Crippen LogP contribution in [0, 0.1) is 11.3 Å². The highest BCUT2D eigenvalue weighted by molar-refractivity contribution is 5.93. The normalized spacial score (nSPS) is 19.3. The Bertz CT molecular complexity index is 255. The minimum Gasteiger partial charge on any atom is -0.465 e. The number of nitrogens with zero attached hydrogens (tertiary/aromatic N) is 1. The summed E-state index contributed by atoms with van der Waals surface area (Å²) >= 11 is 0. The summed E-state index contributed by atoms with van der Waals surface area (Å²) in [5.41, 5.74) is 0.819. The zero-order valence-electron chi connectivity index (χ0n) is 6.89. The first kappa shape index (κ1) is 8.60. The quantitative estimate of drug-likeness (QED) is 0.346. The monoisotopic (exact) mass is 166 g/mol. The second kappa shape index (κ2) is 3.77. The molecule has 0 aromatic heterocycles. The molecule has 1 rings (SSSR count). The van der Waals surface area contributed by atoms with Gasteiger partial charge in [0.1, 0.15) is 6.07 Å². The lowest BCUT2D eigenvalue weighted by atomic mass is 10.2. The number of rotatable bonds is 1. The Labute approximate surface area is 70.8 Å². The third kappa shape index (κ3) is 1.56. The van der Waals surface area contributed by atoms with Crippen LogP contribution in [0.1, 0.15) is 12.8 Å². The van der Waals surface area contributed by atoms with E-state index in [1.807, 2.05) is 6.07 Å². The number of nitriles is 1. The predicted molar refractivity (Wildman–Crippen MR) is 41.9 cm³/mol. The first-order valence-corrected chi connectivity index (χ1v) is 3.75.